The Morgan fingerprint density at radius 1 is 1.04 bits per heavy atom. The number of hydrogen-bond acceptors (Lipinski definition) is 3. The van der Waals surface area contributed by atoms with Crippen molar-refractivity contribution in [3.05, 3.63) is 29.6 Å². The van der Waals surface area contributed by atoms with Crippen molar-refractivity contribution in [1.29, 1.82) is 0 Å². The zero-order valence-corrected chi connectivity index (χ0v) is 15.0. The van der Waals surface area contributed by atoms with Crippen molar-refractivity contribution in [2.24, 2.45) is 11.8 Å². The molecule has 0 radical (unpaired) electrons. The van der Waals surface area contributed by atoms with Crippen molar-refractivity contribution in [3.63, 3.8) is 0 Å². The van der Waals surface area contributed by atoms with Crippen LogP contribution in [0.15, 0.2) is 18.2 Å². The molecule has 0 amide bonds. The molecule has 132 valence electrons. The lowest BCUT2D eigenvalue weighted by molar-refractivity contribution is 0.183. The summed E-state index contributed by atoms with van der Waals surface area (Å²) in [6.45, 7) is 9.14. The van der Waals surface area contributed by atoms with Gasteiger partial charge in [-0.1, -0.05) is 13.0 Å². The molecule has 0 N–H and O–H groups in total. The van der Waals surface area contributed by atoms with Crippen molar-refractivity contribution < 1.29 is 4.39 Å². The summed E-state index contributed by atoms with van der Waals surface area (Å²) in [6, 6.07) is 6.46. The first-order valence-corrected chi connectivity index (χ1v) is 9.60. The zero-order chi connectivity index (χ0) is 16.7. The van der Waals surface area contributed by atoms with Crippen molar-refractivity contribution in [1.82, 2.24) is 9.80 Å². The quantitative estimate of drug-likeness (QED) is 0.843. The number of hydrogen-bond donors (Lipinski definition) is 0. The average Bonchev–Trinajstić information content (AvgIpc) is 3.12. The van der Waals surface area contributed by atoms with Crippen molar-refractivity contribution >= 4 is 5.69 Å². The number of anilines is 1. The standard InChI is InChI=1S/C20H30FN3/c1-3-15-4-5-20(19(21)10-15)23-8-6-18(7-9-23)24-13-16-11-22(2)12-17(16)14-24/h4-5,10,16-18H,3,6-9,11-14H2,1-2H3. The molecule has 4 heteroatoms. The summed E-state index contributed by atoms with van der Waals surface area (Å²) in [5, 5.41) is 0. The number of rotatable bonds is 3. The van der Waals surface area contributed by atoms with Gasteiger partial charge in [-0.05, 0) is 55.8 Å². The van der Waals surface area contributed by atoms with Crippen LogP contribution in [0.1, 0.15) is 25.3 Å². The fraction of sp³-hybridized carbons (Fsp3) is 0.700. The van der Waals surface area contributed by atoms with E-state index in [9.17, 15) is 4.39 Å². The molecule has 0 aliphatic carbocycles. The predicted molar refractivity (Wildman–Crippen MR) is 97.1 cm³/mol. The normalized spacial score (nSPS) is 29.4. The van der Waals surface area contributed by atoms with Gasteiger partial charge in [0.1, 0.15) is 5.82 Å². The SMILES string of the molecule is CCc1ccc(N2CCC(N3CC4CN(C)CC4C3)CC2)c(F)c1. The van der Waals surface area contributed by atoms with Crippen LogP contribution >= 0.6 is 0 Å². The van der Waals surface area contributed by atoms with Crippen LogP contribution in [-0.2, 0) is 6.42 Å². The highest BCUT2D eigenvalue weighted by molar-refractivity contribution is 5.49. The first-order valence-electron chi connectivity index (χ1n) is 9.60. The second-order valence-corrected chi connectivity index (χ2v) is 8.05. The molecule has 24 heavy (non-hydrogen) atoms. The maximum absolute atomic E-state index is 14.4. The molecule has 2 unspecified atom stereocenters. The van der Waals surface area contributed by atoms with E-state index < -0.39 is 0 Å². The van der Waals surface area contributed by atoms with E-state index in [1.165, 1.54) is 39.0 Å². The van der Waals surface area contributed by atoms with Crippen molar-refractivity contribution in [2.75, 3.05) is 51.2 Å². The second-order valence-electron chi connectivity index (χ2n) is 8.05. The maximum atomic E-state index is 14.4. The van der Waals surface area contributed by atoms with Crippen LogP contribution in [0.2, 0.25) is 0 Å². The molecule has 3 aliphatic heterocycles. The van der Waals surface area contributed by atoms with E-state index in [0.29, 0.717) is 6.04 Å². The number of benzene rings is 1. The van der Waals surface area contributed by atoms with E-state index >= 15 is 0 Å². The molecular formula is C20H30FN3. The highest BCUT2D eigenvalue weighted by atomic mass is 19.1. The topological polar surface area (TPSA) is 9.72 Å². The lowest BCUT2D eigenvalue weighted by Gasteiger charge is -2.38. The molecule has 3 nitrogen and oxygen atoms in total. The molecule has 3 aliphatic rings. The van der Waals surface area contributed by atoms with Crippen LogP contribution in [-0.4, -0.2) is 62.2 Å². The van der Waals surface area contributed by atoms with Crippen LogP contribution in [0.3, 0.4) is 0 Å². The van der Waals surface area contributed by atoms with Gasteiger partial charge in [0.25, 0.3) is 0 Å². The third-order valence-corrected chi connectivity index (χ3v) is 6.44. The Morgan fingerprint density at radius 3 is 2.29 bits per heavy atom. The Kier molecular flexibility index (Phi) is 4.52. The highest BCUT2D eigenvalue weighted by Gasteiger charge is 2.41. The highest BCUT2D eigenvalue weighted by Crippen LogP contribution is 2.34. The smallest absolute Gasteiger partial charge is 0.146 e. The van der Waals surface area contributed by atoms with E-state index in [2.05, 4.69) is 34.7 Å². The van der Waals surface area contributed by atoms with Crippen LogP contribution in [0.4, 0.5) is 10.1 Å². The molecule has 0 aromatic heterocycles. The molecule has 1 aromatic rings. The van der Waals surface area contributed by atoms with Gasteiger partial charge in [0.05, 0.1) is 5.69 Å². The van der Waals surface area contributed by atoms with E-state index in [0.717, 1.165) is 42.6 Å². The molecular weight excluding hydrogens is 301 g/mol. The van der Waals surface area contributed by atoms with E-state index in [1.54, 1.807) is 6.07 Å². The molecule has 0 bridgehead atoms. The number of piperidine rings is 1. The Balaban J connectivity index is 1.34. The van der Waals surface area contributed by atoms with Gasteiger partial charge in [0, 0.05) is 45.3 Å². The zero-order valence-electron chi connectivity index (χ0n) is 15.0. The lowest BCUT2D eigenvalue weighted by atomic mass is 10.0. The molecule has 2 atom stereocenters. The second kappa shape index (κ2) is 6.64. The van der Waals surface area contributed by atoms with E-state index in [-0.39, 0.29) is 5.82 Å². The predicted octanol–water partition coefficient (Wildman–Crippen LogP) is 2.85. The number of nitrogens with zero attached hydrogens (tertiary/aromatic N) is 3. The number of halogens is 1. The molecule has 0 saturated carbocycles. The van der Waals surface area contributed by atoms with Gasteiger partial charge < -0.3 is 9.80 Å². The largest absolute Gasteiger partial charge is 0.369 e. The maximum Gasteiger partial charge on any atom is 0.146 e. The third kappa shape index (κ3) is 3.06. The summed E-state index contributed by atoms with van der Waals surface area (Å²) in [5.41, 5.74) is 1.88. The minimum absolute atomic E-state index is 0.0495. The average molecular weight is 331 g/mol. The Hall–Kier alpha value is -1.13. The fourth-order valence-corrected chi connectivity index (χ4v) is 5.06. The van der Waals surface area contributed by atoms with Crippen LogP contribution < -0.4 is 4.90 Å². The van der Waals surface area contributed by atoms with E-state index in [4.69, 9.17) is 0 Å². The molecule has 3 heterocycles. The van der Waals surface area contributed by atoms with Gasteiger partial charge in [-0.2, -0.15) is 0 Å². The lowest BCUT2D eigenvalue weighted by Crippen LogP contribution is -2.45. The van der Waals surface area contributed by atoms with Crippen LogP contribution in [0.5, 0.6) is 0 Å². The molecule has 4 rings (SSSR count). The van der Waals surface area contributed by atoms with Gasteiger partial charge >= 0.3 is 0 Å². The van der Waals surface area contributed by atoms with E-state index in [1.807, 2.05) is 6.07 Å². The molecule has 0 spiro atoms. The number of aryl methyl sites for hydroxylation is 1. The van der Waals surface area contributed by atoms with Gasteiger partial charge in [0.2, 0.25) is 0 Å². The van der Waals surface area contributed by atoms with Crippen LogP contribution in [0, 0.1) is 17.7 Å². The summed E-state index contributed by atoms with van der Waals surface area (Å²) in [6.07, 6.45) is 3.24. The Bertz CT molecular complexity index is 568. The van der Waals surface area contributed by atoms with Crippen molar-refractivity contribution in [3.8, 4) is 0 Å². The van der Waals surface area contributed by atoms with Gasteiger partial charge in [-0.15, -0.1) is 0 Å². The summed E-state index contributed by atoms with van der Waals surface area (Å²) >= 11 is 0. The fourth-order valence-electron chi connectivity index (χ4n) is 5.06. The Labute approximate surface area is 145 Å². The monoisotopic (exact) mass is 331 g/mol. The third-order valence-electron chi connectivity index (χ3n) is 6.44. The van der Waals surface area contributed by atoms with Gasteiger partial charge in [-0.25, -0.2) is 4.39 Å². The summed E-state index contributed by atoms with van der Waals surface area (Å²) in [4.78, 5) is 7.46. The summed E-state index contributed by atoms with van der Waals surface area (Å²) in [7, 11) is 2.25. The van der Waals surface area contributed by atoms with Gasteiger partial charge in [0.15, 0.2) is 0 Å². The number of fused-ring (bicyclic) bond motifs is 1. The minimum atomic E-state index is -0.0495. The summed E-state index contributed by atoms with van der Waals surface area (Å²) in [5.74, 6) is 1.71. The number of likely N-dealkylation sites (tertiary alicyclic amines) is 2. The first-order chi connectivity index (χ1) is 11.6. The minimum Gasteiger partial charge on any atom is -0.369 e. The Morgan fingerprint density at radius 2 is 1.71 bits per heavy atom. The van der Waals surface area contributed by atoms with Crippen molar-refractivity contribution in [2.45, 2.75) is 32.2 Å². The first kappa shape index (κ1) is 16.3. The van der Waals surface area contributed by atoms with Crippen LogP contribution in [0.25, 0.3) is 0 Å². The molecule has 3 fully saturated rings. The summed E-state index contributed by atoms with van der Waals surface area (Å²) < 4.78 is 14.4. The molecule has 1 aromatic carbocycles. The van der Waals surface area contributed by atoms with Gasteiger partial charge in [-0.3, -0.25) is 4.90 Å². The molecule has 3 saturated heterocycles.